The summed E-state index contributed by atoms with van der Waals surface area (Å²) < 4.78 is 36.7. The molecule has 1 aromatic carbocycles. The summed E-state index contributed by atoms with van der Waals surface area (Å²) in [7, 11) is 0. The van der Waals surface area contributed by atoms with Gasteiger partial charge >= 0.3 is 6.18 Å². The molecule has 0 saturated carbocycles. The van der Waals surface area contributed by atoms with E-state index in [1.54, 1.807) is 0 Å². The molecular weight excluding hydrogens is 239 g/mol. The lowest BCUT2D eigenvalue weighted by atomic mass is 10.0. The Labute approximate surface area is 96.4 Å². The monoisotopic (exact) mass is 247 g/mol. The molecule has 16 heavy (non-hydrogen) atoms. The van der Waals surface area contributed by atoms with Gasteiger partial charge in [0, 0.05) is 5.88 Å². The van der Waals surface area contributed by atoms with Crippen molar-refractivity contribution >= 4 is 11.6 Å². The van der Waals surface area contributed by atoms with Crippen molar-refractivity contribution in [2.45, 2.75) is 12.6 Å². The molecule has 0 aromatic heterocycles. The Morgan fingerprint density at radius 2 is 1.81 bits per heavy atom. The average molecular weight is 248 g/mol. The summed E-state index contributed by atoms with van der Waals surface area (Å²) in [6.45, 7) is 0. The topological polar surface area (TPSA) is 23.8 Å². The van der Waals surface area contributed by atoms with Gasteiger partial charge in [0.2, 0.25) is 0 Å². The Morgan fingerprint density at radius 1 is 1.25 bits per heavy atom. The van der Waals surface area contributed by atoms with Crippen LogP contribution in [0.4, 0.5) is 13.2 Å². The molecule has 0 amide bonds. The molecule has 1 rings (SSSR count). The lowest BCUT2D eigenvalue weighted by Crippen LogP contribution is -2.06. The first-order chi connectivity index (χ1) is 7.47. The predicted molar refractivity (Wildman–Crippen MR) is 55.0 cm³/mol. The first-order valence-electron chi connectivity index (χ1n) is 4.59. The summed E-state index contributed by atoms with van der Waals surface area (Å²) in [6.07, 6.45) is -3.95. The first kappa shape index (κ1) is 12.9. The van der Waals surface area contributed by atoms with Gasteiger partial charge in [0.05, 0.1) is 17.6 Å². The number of alkyl halides is 4. The molecule has 0 fully saturated rings. The second-order valence-corrected chi connectivity index (χ2v) is 3.69. The molecule has 0 saturated heterocycles. The van der Waals surface area contributed by atoms with Crippen LogP contribution < -0.4 is 0 Å². The number of halogens is 4. The summed E-state index contributed by atoms with van der Waals surface area (Å²) in [5.74, 6) is -0.184. The molecular formula is C11H9ClF3N. The van der Waals surface area contributed by atoms with Crippen LogP contribution in [0.2, 0.25) is 0 Å². The van der Waals surface area contributed by atoms with Crippen molar-refractivity contribution < 1.29 is 13.2 Å². The summed E-state index contributed by atoms with van der Waals surface area (Å²) in [5.41, 5.74) is -0.00386. The van der Waals surface area contributed by atoms with Crippen molar-refractivity contribution in [3.63, 3.8) is 0 Å². The standard InChI is InChI=1S/C11H9ClF3N/c12-6-9(7-16)5-8-1-3-10(4-2-8)11(13,14)15/h1-4,9H,5-6H2. The zero-order valence-electron chi connectivity index (χ0n) is 8.26. The third kappa shape index (κ3) is 3.42. The third-order valence-electron chi connectivity index (χ3n) is 2.13. The second-order valence-electron chi connectivity index (χ2n) is 3.38. The molecule has 0 spiro atoms. The number of hydrogen-bond donors (Lipinski definition) is 0. The van der Waals surface area contributed by atoms with E-state index in [9.17, 15) is 13.2 Å². The summed E-state index contributed by atoms with van der Waals surface area (Å²) in [4.78, 5) is 0. The lowest BCUT2D eigenvalue weighted by molar-refractivity contribution is -0.137. The van der Waals surface area contributed by atoms with E-state index in [0.29, 0.717) is 12.0 Å². The Hall–Kier alpha value is -1.21. The van der Waals surface area contributed by atoms with E-state index < -0.39 is 11.7 Å². The smallest absolute Gasteiger partial charge is 0.198 e. The molecule has 0 N–H and O–H groups in total. The predicted octanol–water partition coefficient (Wildman–Crippen LogP) is 3.63. The Kier molecular flexibility index (Phi) is 4.19. The minimum atomic E-state index is -4.32. The molecule has 0 aliphatic rings. The number of nitriles is 1. The van der Waals surface area contributed by atoms with Crippen LogP contribution in [0.1, 0.15) is 11.1 Å². The van der Waals surface area contributed by atoms with E-state index in [1.807, 2.05) is 6.07 Å². The minimum Gasteiger partial charge on any atom is -0.198 e. The zero-order chi connectivity index (χ0) is 12.2. The van der Waals surface area contributed by atoms with Crippen LogP contribution in [0.5, 0.6) is 0 Å². The molecule has 0 bridgehead atoms. The van der Waals surface area contributed by atoms with Crippen LogP contribution in [0.3, 0.4) is 0 Å². The van der Waals surface area contributed by atoms with Crippen molar-refractivity contribution in [3.05, 3.63) is 35.4 Å². The van der Waals surface area contributed by atoms with Crippen LogP contribution in [-0.2, 0) is 12.6 Å². The molecule has 1 nitrogen and oxygen atoms in total. The van der Waals surface area contributed by atoms with Crippen molar-refractivity contribution in [1.29, 1.82) is 5.26 Å². The van der Waals surface area contributed by atoms with Gasteiger partial charge in [-0.15, -0.1) is 11.6 Å². The molecule has 0 aliphatic heterocycles. The average Bonchev–Trinajstić information content (AvgIpc) is 2.25. The summed E-state index contributed by atoms with van der Waals surface area (Å²) in [6, 6.07) is 6.76. The van der Waals surface area contributed by atoms with Crippen LogP contribution in [-0.4, -0.2) is 5.88 Å². The van der Waals surface area contributed by atoms with Crippen molar-refractivity contribution in [1.82, 2.24) is 0 Å². The third-order valence-corrected chi connectivity index (χ3v) is 2.50. The van der Waals surface area contributed by atoms with Gasteiger partial charge in [-0.2, -0.15) is 18.4 Å². The fraction of sp³-hybridized carbons (Fsp3) is 0.364. The summed E-state index contributed by atoms with van der Waals surface area (Å²) in [5, 5.41) is 8.66. The highest BCUT2D eigenvalue weighted by atomic mass is 35.5. The second kappa shape index (κ2) is 5.22. The highest BCUT2D eigenvalue weighted by Gasteiger charge is 2.29. The number of hydrogen-bond acceptors (Lipinski definition) is 1. The number of nitrogens with zero attached hydrogens (tertiary/aromatic N) is 1. The van der Waals surface area contributed by atoms with Gasteiger partial charge in [-0.3, -0.25) is 0 Å². The lowest BCUT2D eigenvalue weighted by Gasteiger charge is -2.08. The quantitative estimate of drug-likeness (QED) is 0.749. The molecule has 1 aromatic rings. The maximum absolute atomic E-state index is 12.2. The van der Waals surface area contributed by atoms with Crippen molar-refractivity contribution in [2.75, 3.05) is 5.88 Å². The minimum absolute atomic E-state index is 0.178. The molecule has 0 heterocycles. The van der Waals surface area contributed by atoms with Crippen molar-refractivity contribution in [3.8, 4) is 6.07 Å². The zero-order valence-corrected chi connectivity index (χ0v) is 9.02. The van der Waals surface area contributed by atoms with Crippen molar-refractivity contribution in [2.24, 2.45) is 5.92 Å². The van der Waals surface area contributed by atoms with Gasteiger partial charge in [0.25, 0.3) is 0 Å². The Bertz CT molecular complexity index is 378. The van der Waals surface area contributed by atoms with E-state index in [0.717, 1.165) is 12.1 Å². The molecule has 5 heteroatoms. The van der Waals surface area contributed by atoms with Gasteiger partial charge in [-0.25, -0.2) is 0 Å². The SMILES string of the molecule is N#CC(CCl)Cc1ccc(C(F)(F)F)cc1. The highest BCUT2D eigenvalue weighted by molar-refractivity contribution is 6.18. The maximum atomic E-state index is 12.2. The molecule has 1 atom stereocenters. The van der Waals surface area contributed by atoms with Gasteiger partial charge < -0.3 is 0 Å². The van der Waals surface area contributed by atoms with Gasteiger partial charge in [0.15, 0.2) is 0 Å². The van der Waals surface area contributed by atoms with Crippen LogP contribution in [0, 0.1) is 17.2 Å². The van der Waals surface area contributed by atoms with E-state index in [1.165, 1.54) is 12.1 Å². The number of benzene rings is 1. The van der Waals surface area contributed by atoms with Crippen LogP contribution >= 0.6 is 11.6 Å². The van der Waals surface area contributed by atoms with Gasteiger partial charge in [0.1, 0.15) is 0 Å². The molecule has 0 aliphatic carbocycles. The van der Waals surface area contributed by atoms with Gasteiger partial charge in [-0.1, -0.05) is 12.1 Å². The van der Waals surface area contributed by atoms with E-state index in [2.05, 4.69) is 0 Å². The van der Waals surface area contributed by atoms with E-state index in [4.69, 9.17) is 16.9 Å². The number of rotatable bonds is 3. The molecule has 86 valence electrons. The Balaban J connectivity index is 2.77. The largest absolute Gasteiger partial charge is 0.416 e. The highest BCUT2D eigenvalue weighted by Crippen LogP contribution is 2.29. The first-order valence-corrected chi connectivity index (χ1v) is 5.12. The van der Waals surface area contributed by atoms with Crippen LogP contribution in [0.15, 0.2) is 24.3 Å². The van der Waals surface area contributed by atoms with Crippen LogP contribution in [0.25, 0.3) is 0 Å². The normalized spacial score (nSPS) is 13.2. The summed E-state index contributed by atoms with van der Waals surface area (Å²) >= 11 is 5.52. The Morgan fingerprint density at radius 3 is 2.19 bits per heavy atom. The maximum Gasteiger partial charge on any atom is 0.416 e. The molecule has 0 radical (unpaired) electrons. The fourth-order valence-corrected chi connectivity index (χ4v) is 1.43. The van der Waals surface area contributed by atoms with E-state index in [-0.39, 0.29) is 11.8 Å². The molecule has 1 unspecified atom stereocenters. The van der Waals surface area contributed by atoms with E-state index >= 15 is 0 Å². The van der Waals surface area contributed by atoms with Gasteiger partial charge in [-0.05, 0) is 24.1 Å². The fourth-order valence-electron chi connectivity index (χ4n) is 1.25.